The van der Waals surface area contributed by atoms with Crippen LogP contribution in [0.1, 0.15) is 12.5 Å². The molecule has 17 heavy (non-hydrogen) atoms. The van der Waals surface area contributed by atoms with Crippen molar-refractivity contribution >= 4 is 0 Å². The summed E-state index contributed by atoms with van der Waals surface area (Å²) in [6, 6.07) is 10.8. The van der Waals surface area contributed by atoms with E-state index in [-0.39, 0.29) is 0 Å². The van der Waals surface area contributed by atoms with Gasteiger partial charge in [-0.05, 0) is 44.0 Å². The molecule has 1 unspecified atom stereocenters. The highest BCUT2D eigenvalue weighted by Gasteiger charge is 2.23. The molecule has 1 heterocycles. The third kappa shape index (κ3) is 3.83. The van der Waals surface area contributed by atoms with Crippen LogP contribution < -0.4 is 5.32 Å². The van der Waals surface area contributed by atoms with Gasteiger partial charge in [-0.2, -0.15) is 0 Å². The highest BCUT2D eigenvalue weighted by Crippen LogP contribution is 2.16. The molecule has 1 atom stereocenters. The van der Waals surface area contributed by atoms with E-state index >= 15 is 0 Å². The fraction of sp³-hybridized carbons (Fsp3) is 0.600. The predicted octanol–water partition coefficient (Wildman–Crippen LogP) is 2.02. The molecular weight excluding hydrogens is 208 g/mol. The van der Waals surface area contributed by atoms with Crippen molar-refractivity contribution in [2.75, 3.05) is 33.2 Å². The molecule has 0 amide bonds. The molecule has 0 saturated carbocycles. The maximum Gasteiger partial charge on any atom is 0.00189 e. The van der Waals surface area contributed by atoms with Crippen LogP contribution in [0.3, 0.4) is 0 Å². The van der Waals surface area contributed by atoms with Crippen LogP contribution in [0.4, 0.5) is 0 Å². The van der Waals surface area contributed by atoms with E-state index in [2.05, 4.69) is 54.5 Å². The Balaban J connectivity index is 1.68. The maximum atomic E-state index is 3.35. The van der Waals surface area contributed by atoms with Gasteiger partial charge in [0.1, 0.15) is 0 Å². The second kappa shape index (κ2) is 6.18. The van der Waals surface area contributed by atoms with Crippen molar-refractivity contribution in [3.05, 3.63) is 35.9 Å². The van der Waals surface area contributed by atoms with Crippen molar-refractivity contribution in [1.82, 2.24) is 10.2 Å². The zero-order valence-corrected chi connectivity index (χ0v) is 11.0. The lowest BCUT2D eigenvalue weighted by Gasteiger charge is -2.34. The summed E-state index contributed by atoms with van der Waals surface area (Å²) in [7, 11) is 2.24. The van der Waals surface area contributed by atoms with E-state index < -0.39 is 0 Å². The summed E-state index contributed by atoms with van der Waals surface area (Å²) in [6.07, 6.45) is 1.16. The zero-order chi connectivity index (χ0) is 12.1. The van der Waals surface area contributed by atoms with Crippen LogP contribution in [0.2, 0.25) is 0 Å². The Bertz CT molecular complexity index is 319. The van der Waals surface area contributed by atoms with Gasteiger partial charge in [0, 0.05) is 13.1 Å². The van der Waals surface area contributed by atoms with E-state index in [4.69, 9.17) is 0 Å². The monoisotopic (exact) mass is 232 g/mol. The number of nitrogens with one attached hydrogen (secondary N) is 1. The number of nitrogens with zero attached hydrogens (tertiary/aromatic N) is 1. The van der Waals surface area contributed by atoms with Crippen molar-refractivity contribution in [2.45, 2.75) is 13.3 Å². The van der Waals surface area contributed by atoms with Crippen LogP contribution in [0.25, 0.3) is 0 Å². The van der Waals surface area contributed by atoms with Crippen molar-refractivity contribution in [2.24, 2.45) is 11.8 Å². The lowest BCUT2D eigenvalue weighted by atomic mass is 9.88. The van der Waals surface area contributed by atoms with Crippen LogP contribution in [0.15, 0.2) is 30.3 Å². The molecule has 0 spiro atoms. The third-order valence-electron chi connectivity index (χ3n) is 3.84. The minimum atomic E-state index is 0.817. The quantitative estimate of drug-likeness (QED) is 0.807. The summed E-state index contributed by atoms with van der Waals surface area (Å²) in [5, 5.41) is 3.35. The molecule has 1 aromatic carbocycles. The Kier molecular flexibility index (Phi) is 4.57. The molecule has 1 fully saturated rings. The van der Waals surface area contributed by atoms with Gasteiger partial charge in [-0.3, -0.25) is 0 Å². The Labute approximate surface area is 105 Å². The van der Waals surface area contributed by atoms with Gasteiger partial charge in [0.25, 0.3) is 0 Å². The number of benzene rings is 1. The first-order valence-electron chi connectivity index (χ1n) is 6.69. The largest absolute Gasteiger partial charge is 0.316 e. The Hall–Kier alpha value is -0.860. The molecule has 2 heteroatoms. The molecule has 2 nitrogen and oxygen atoms in total. The zero-order valence-electron chi connectivity index (χ0n) is 11.0. The summed E-state index contributed by atoms with van der Waals surface area (Å²) >= 11 is 0. The topological polar surface area (TPSA) is 15.3 Å². The maximum absolute atomic E-state index is 3.35. The van der Waals surface area contributed by atoms with Gasteiger partial charge in [-0.25, -0.2) is 0 Å². The first-order valence-corrected chi connectivity index (χ1v) is 6.69. The molecule has 1 aliphatic heterocycles. The average molecular weight is 232 g/mol. The van der Waals surface area contributed by atoms with Crippen LogP contribution in [-0.2, 0) is 6.42 Å². The van der Waals surface area contributed by atoms with Crippen molar-refractivity contribution in [3.8, 4) is 0 Å². The SMILES string of the molecule is CC(CN(C)CCc1ccccc1)C1CNC1. The number of likely N-dealkylation sites (N-methyl/N-ethyl adjacent to an activating group) is 1. The van der Waals surface area contributed by atoms with Gasteiger partial charge in [0.05, 0.1) is 0 Å². The first kappa shape index (κ1) is 12.6. The minimum absolute atomic E-state index is 0.817. The molecule has 0 radical (unpaired) electrons. The molecule has 0 aromatic heterocycles. The van der Waals surface area contributed by atoms with Gasteiger partial charge in [0.2, 0.25) is 0 Å². The molecule has 1 aliphatic rings. The number of hydrogen-bond donors (Lipinski definition) is 1. The fourth-order valence-corrected chi connectivity index (χ4v) is 2.41. The van der Waals surface area contributed by atoms with E-state index in [9.17, 15) is 0 Å². The lowest BCUT2D eigenvalue weighted by molar-refractivity contribution is 0.187. The first-order chi connectivity index (χ1) is 8.25. The van der Waals surface area contributed by atoms with Crippen molar-refractivity contribution in [1.29, 1.82) is 0 Å². The van der Waals surface area contributed by atoms with E-state index in [0.29, 0.717) is 0 Å². The molecule has 1 N–H and O–H groups in total. The Morgan fingerprint density at radius 3 is 2.59 bits per heavy atom. The predicted molar refractivity (Wildman–Crippen MR) is 73.2 cm³/mol. The molecule has 1 saturated heterocycles. The molecule has 0 bridgehead atoms. The third-order valence-corrected chi connectivity index (χ3v) is 3.84. The molecule has 2 rings (SSSR count). The van der Waals surface area contributed by atoms with Crippen molar-refractivity contribution < 1.29 is 0 Å². The molecule has 0 aliphatic carbocycles. The van der Waals surface area contributed by atoms with Gasteiger partial charge >= 0.3 is 0 Å². The Morgan fingerprint density at radius 1 is 1.29 bits per heavy atom. The van der Waals surface area contributed by atoms with E-state index in [1.807, 2.05) is 0 Å². The molecule has 1 aromatic rings. The van der Waals surface area contributed by atoms with Gasteiger partial charge < -0.3 is 10.2 Å². The summed E-state index contributed by atoms with van der Waals surface area (Å²) < 4.78 is 0. The van der Waals surface area contributed by atoms with E-state index in [0.717, 1.165) is 24.8 Å². The molecular formula is C15H24N2. The average Bonchev–Trinajstić information content (AvgIpc) is 2.25. The van der Waals surface area contributed by atoms with Crippen LogP contribution in [-0.4, -0.2) is 38.1 Å². The van der Waals surface area contributed by atoms with E-state index in [1.54, 1.807) is 0 Å². The van der Waals surface area contributed by atoms with Crippen LogP contribution >= 0.6 is 0 Å². The summed E-state index contributed by atoms with van der Waals surface area (Å²) in [5.41, 5.74) is 1.44. The second-order valence-electron chi connectivity index (χ2n) is 5.39. The highest BCUT2D eigenvalue weighted by molar-refractivity contribution is 5.14. The number of rotatable bonds is 6. The lowest BCUT2D eigenvalue weighted by Crippen LogP contribution is -2.48. The highest BCUT2D eigenvalue weighted by atomic mass is 15.1. The van der Waals surface area contributed by atoms with Gasteiger partial charge in [-0.15, -0.1) is 0 Å². The number of hydrogen-bond acceptors (Lipinski definition) is 2. The van der Waals surface area contributed by atoms with Crippen molar-refractivity contribution in [3.63, 3.8) is 0 Å². The Morgan fingerprint density at radius 2 is 2.00 bits per heavy atom. The normalized spacial score (nSPS) is 18.1. The summed E-state index contributed by atoms with van der Waals surface area (Å²) in [4.78, 5) is 2.47. The summed E-state index contributed by atoms with van der Waals surface area (Å²) in [6.45, 7) is 7.19. The second-order valence-corrected chi connectivity index (χ2v) is 5.39. The molecule has 94 valence electrons. The minimum Gasteiger partial charge on any atom is -0.316 e. The smallest absolute Gasteiger partial charge is 0.00189 e. The van der Waals surface area contributed by atoms with E-state index in [1.165, 1.54) is 25.2 Å². The van der Waals surface area contributed by atoms with Crippen LogP contribution in [0, 0.1) is 11.8 Å². The summed E-state index contributed by atoms with van der Waals surface area (Å²) in [5.74, 6) is 1.71. The van der Waals surface area contributed by atoms with Crippen LogP contribution in [0.5, 0.6) is 0 Å². The van der Waals surface area contributed by atoms with Gasteiger partial charge in [-0.1, -0.05) is 37.3 Å². The van der Waals surface area contributed by atoms with Gasteiger partial charge in [0.15, 0.2) is 0 Å². The fourth-order valence-electron chi connectivity index (χ4n) is 2.41. The standard InChI is InChI=1S/C15H24N2/c1-13(15-10-16-11-15)12-17(2)9-8-14-6-4-3-5-7-14/h3-7,13,15-16H,8-12H2,1-2H3.